The van der Waals surface area contributed by atoms with Gasteiger partial charge in [0.2, 0.25) is 10.0 Å². The fraction of sp³-hybridized carbons (Fsp3) is 0.600. The van der Waals surface area contributed by atoms with E-state index in [0.717, 1.165) is 38.2 Å². The van der Waals surface area contributed by atoms with Crippen molar-refractivity contribution in [3.05, 3.63) is 29.0 Å². The third-order valence-corrected chi connectivity index (χ3v) is 6.39. The van der Waals surface area contributed by atoms with Crippen molar-refractivity contribution in [1.29, 1.82) is 0 Å². The Hall–Kier alpha value is -0.730. The van der Waals surface area contributed by atoms with Crippen LogP contribution in [0.25, 0.3) is 0 Å². The Balaban J connectivity index is 2.01. The Kier molecular flexibility index (Phi) is 6.39. The number of rotatable bonds is 7. The van der Waals surface area contributed by atoms with Gasteiger partial charge in [-0.2, -0.15) is 0 Å². The van der Waals surface area contributed by atoms with Gasteiger partial charge in [-0.3, -0.25) is 0 Å². The number of hydrogen-bond acceptors (Lipinski definition) is 4. The first-order valence-electron chi connectivity index (χ1n) is 7.47. The van der Waals surface area contributed by atoms with Gasteiger partial charge in [0.15, 0.2) is 0 Å². The van der Waals surface area contributed by atoms with Crippen molar-refractivity contribution in [2.75, 3.05) is 46.9 Å². The summed E-state index contributed by atoms with van der Waals surface area (Å²) >= 11 is 5.89. The summed E-state index contributed by atoms with van der Waals surface area (Å²) in [5.41, 5.74) is 0. The molecule has 0 amide bonds. The molecule has 2 rings (SSSR count). The van der Waals surface area contributed by atoms with Crippen LogP contribution < -0.4 is 0 Å². The molecule has 130 valence electrons. The molecule has 5 nitrogen and oxygen atoms in total. The van der Waals surface area contributed by atoms with Crippen molar-refractivity contribution >= 4 is 21.6 Å². The SMILES string of the molecule is COCCN1CCC(CN(C)S(=O)(=O)c2ccc(F)cc2Cl)C1. The lowest BCUT2D eigenvalue weighted by molar-refractivity contribution is 0.158. The minimum absolute atomic E-state index is 0.0581. The summed E-state index contributed by atoms with van der Waals surface area (Å²) in [7, 11) is -0.515. The summed E-state index contributed by atoms with van der Waals surface area (Å²) < 4.78 is 44.6. The Morgan fingerprint density at radius 1 is 1.48 bits per heavy atom. The molecule has 0 N–H and O–H groups in total. The molecule has 1 aromatic rings. The molecule has 1 fully saturated rings. The molecule has 1 saturated heterocycles. The van der Waals surface area contributed by atoms with Gasteiger partial charge < -0.3 is 9.64 Å². The van der Waals surface area contributed by atoms with E-state index in [1.807, 2.05) is 0 Å². The van der Waals surface area contributed by atoms with Crippen LogP contribution in [-0.4, -0.2) is 64.6 Å². The molecule has 0 saturated carbocycles. The Morgan fingerprint density at radius 2 is 2.22 bits per heavy atom. The van der Waals surface area contributed by atoms with Crippen LogP contribution in [0.4, 0.5) is 4.39 Å². The van der Waals surface area contributed by atoms with Gasteiger partial charge in [-0.05, 0) is 37.1 Å². The molecule has 0 aliphatic carbocycles. The molecule has 8 heteroatoms. The van der Waals surface area contributed by atoms with Crippen LogP contribution in [0.15, 0.2) is 23.1 Å². The van der Waals surface area contributed by atoms with Crippen LogP contribution in [0.3, 0.4) is 0 Å². The zero-order valence-electron chi connectivity index (χ0n) is 13.3. The lowest BCUT2D eigenvalue weighted by Crippen LogP contribution is -2.33. The van der Waals surface area contributed by atoms with E-state index >= 15 is 0 Å². The monoisotopic (exact) mass is 364 g/mol. The largest absolute Gasteiger partial charge is 0.383 e. The van der Waals surface area contributed by atoms with E-state index in [1.165, 1.54) is 17.4 Å². The Labute approximate surface area is 142 Å². The first kappa shape index (κ1) is 18.6. The Morgan fingerprint density at radius 3 is 2.87 bits per heavy atom. The van der Waals surface area contributed by atoms with Crippen molar-refractivity contribution in [2.24, 2.45) is 5.92 Å². The lowest BCUT2D eigenvalue weighted by Gasteiger charge is -2.22. The van der Waals surface area contributed by atoms with Crippen LogP contribution in [0.1, 0.15) is 6.42 Å². The highest BCUT2D eigenvalue weighted by molar-refractivity contribution is 7.89. The van der Waals surface area contributed by atoms with Crippen molar-refractivity contribution in [2.45, 2.75) is 11.3 Å². The summed E-state index contributed by atoms with van der Waals surface area (Å²) in [6, 6.07) is 3.34. The summed E-state index contributed by atoms with van der Waals surface area (Å²) in [5.74, 6) is -0.285. The average Bonchev–Trinajstić information content (AvgIpc) is 2.92. The molecule has 1 heterocycles. The van der Waals surface area contributed by atoms with E-state index in [-0.39, 0.29) is 15.8 Å². The predicted molar refractivity (Wildman–Crippen MR) is 87.6 cm³/mol. The summed E-state index contributed by atoms with van der Waals surface area (Å²) in [5, 5.41) is -0.0926. The maximum Gasteiger partial charge on any atom is 0.244 e. The average molecular weight is 365 g/mol. The zero-order valence-corrected chi connectivity index (χ0v) is 14.9. The van der Waals surface area contributed by atoms with E-state index in [9.17, 15) is 12.8 Å². The number of nitrogens with zero attached hydrogens (tertiary/aromatic N) is 2. The zero-order chi connectivity index (χ0) is 17.0. The lowest BCUT2D eigenvalue weighted by atomic mass is 10.1. The second-order valence-corrected chi connectivity index (χ2v) is 8.23. The second-order valence-electron chi connectivity index (χ2n) is 5.81. The van der Waals surface area contributed by atoms with Gasteiger partial charge >= 0.3 is 0 Å². The molecule has 0 spiro atoms. The van der Waals surface area contributed by atoms with Gasteiger partial charge in [0.1, 0.15) is 10.7 Å². The van der Waals surface area contributed by atoms with Crippen LogP contribution in [0.5, 0.6) is 0 Å². The third kappa shape index (κ3) is 4.64. The fourth-order valence-electron chi connectivity index (χ4n) is 2.80. The first-order chi connectivity index (χ1) is 10.8. The smallest absolute Gasteiger partial charge is 0.244 e. The van der Waals surface area contributed by atoms with Crippen LogP contribution >= 0.6 is 11.6 Å². The number of methoxy groups -OCH3 is 1. The van der Waals surface area contributed by atoms with Gasteiger partial charge in [0.25, 0.3) is 0 Å². The summed E-state index contributed by atoms with van der Waals surface area (Å²) in [4.78, 5) is 2.21. The molecule has 1 unspecified atom stereocenters. The first-order valence-corrected chi connectivity index (χ1v) is 9.29. The standard InChI is InChI=1S/C15H22ClFN2O3S/c1-18(10-12-5-6-19(11-12)7-8-22-2)23(20,21)15-4-3-13(17)9-14(15)16/h3-4,9,12H,5-8,10-11H2,1-2H3. The minimum Gasteiger partial charge on any atom is -0.383 e. The van der Waals surface area contributed by atoms with E-state index in [1.54, 1.807) is 7.11 Å². The third-order valence-electron chi connectivity index (χ3n) is 4.08. The second kappa shape index (κ2) is 7.90. The molecule has 1 aliphatic rings. The number of benzene rings is 1. The Bertz CT molecular complexity index is 642. The quantitative estimate of drug-likeness (QED) is 0.743. The molecular formula is C15H22ClFN2O3S. The topological polar surface area (TPSA) is 49.9 Å². The molecule has 1 atom stereocenters. The van der Waals surface area contributed by atoms with Gasteiger partial charge in [-0.1, -0.05) is 11.6 Å². The van der Waals surface area contributed by atoms with Crippen molar-refractivity contribution in [1.82, 2.24) is 9.21 Å². The molecule has 1 aromatic carbocycles. The summed E-state index contributed by atoms with van der Waals surface area (Å²) in [6.45, 7) is 3.73. The highest BCUT2D eigenvalue weighted by Crippen LogP contribution is 2.26. The number of sulfonamides is 1. The summed E-state index contributed by atoms with van der Waals surface area (Å²) in [6.07, 6.45) is 0.945. The van der Waals surface area contributed by atoms with E-state index in [4.69, 9.17) is 16.3 Å². The molecule has 0 aromatic heterocycles. The van der Waals surface area contributed by atoms with Gasteiger partial charge in [0.05, 0.1) is 11.6 Å². The number of halogens is 2. The van der Waals surface area contributed by atoms with Crippen LogP contribution in [-0.2, 0) is 14.8 Å². The normalized spacial score (nSPS) is 19.6. The molecule has 0 radical (unpaired) electrons. The van der Waals surface area contributed by atoms with Crippen LogP contribution in [0.2, 0.25) is 5.02 Å². The highest BCUT2D eigenvalue weighted by Gasteiger charge is 2.29. The minimum atomic E-state index is -3.72. The van der Waals surface area contributed by atoms with Gasteiger partial charge in [-0.25, -0.2) is 17.1 Å². The maximum absolute atomic E-state index is 13.1. The van der Waals surface area contributed by atoms with E-state index < -0.39 is 15.8 Å². The van der Waals surface area contributed by atoms with Gasteiger partial charge in [-0.15, -0.1) is 0 Å². The van der Waals surface area contributed by atoms with Crippen molar-refractivity contribution < 1.29 is 17.5 Å². The molecule has 23 heavy (non-hydrogen) atoms. The van der Waals surface area contributed by atoms with Gasteiger partial charge in [0, 0.05) is 33.8 Å². The van der Waals surface area contributed by atoms with Crippen LogP contribution in [0, 0.1) is 11.7 Å². The van der Waals surface area contributed by atoms with Crippen molar-refractivity contribution in [3.63, 3.8) is 0 Å². The van der Waals surface area contributed by atoms with Crippen molar-refractivity contribution in [3.8, 4) is 0 Å². The predicted octanol–water partition coefficient (Wildman–Crippen LogP) is 2.07. The number of ether oxygens (including phenoxy) is 1. The molecular weight excluding hydrogens is 343 g/mol. The fourth-order valence-corrected chi connectivity index (χ4v) is 4.55. The maximum atomic E-state index is 13.1. The van der Waals surface area contributed by atoms with E-state index in [2.05, 4.69) is 4.90 Å². The van der Waals surface area contributed by atoms with E-state index in [0.29, 0.717) is 13.2 Å². The highest BCUT2D eigenvalue weighted by atomic mass is 35.5. The number of likely N-dealkylation sites (tertiary alicyclic amines) is 1. The molecule has 1 aliphatic heterocycles. The number of hydrogen-bond donors (Lipinski definition) is 0. The molecule has 0 bridgehead atoms.